The monoisotopic (exact) mass is 361 g/mol. The Hall–Kier alpha value is -1.60. The van der Waals surface area contributed by atoms with Crippen LogP contribution in [0.1, 0.15) is 37.0 Å². The van der Waals surface area contributed by atoms with Gasteiger partial charge in [-0.2, -0.15) is 0 Å². The largest absolute Gasteiger partial charge is 0.504 e. The van der Waals surface area contributed by atoms with Crippen molar-refractivity contribution in [3.05, 3.63) is 23.8 Å². The first-order valence-corrected chi connectivity index (χ1v) is 9.22. The first-order valence-electron chi connectivity index (χ1n) is 7.76. The van der Waals surface area contributed by atoms with Gasteiger partial charge in [-0.1, -0.05) is 6.07 Å². The Morgan fingerprint density at radius 2 is 1.79 bits per heavy atom. The lowest BCUT2D eigenvalue weighted by molar-refractivity contribution is 0.0945. The molecule has 0 fully saturated rings. The summed E-state index contributed by atoms with van der Waals surface area (Å²) in [7, 11) is -3.50. The Morgan fingerprint density at radius 1 is 1.12 bits per heavy atom. The number of phosphoric ester groups is 1. The van der Waals surface area contributed by atoms with Crippen molar-refractivity contribution >= 4 is 13.7 Å². The highest BCUT2D eigenvalue weighted by molar-refractivity contribution is 7.48. The summed E-state index contributed by atoms with van der Waals surface area (Å²) in [4.78, 5) is 11.9. The van der Waals surface area contributed by atoms with Crippen molar-refractivity contribution in [2.45, 2.75) is 26.7 Å². The predicted molar refractivity (Wildman–Crippen MR) is 88.1 cm³/mol. The number of para-hydroxylation sites is 1. The van der Waals surface area contributed by atoms with E-state index >= 15 is 0 Å². The third-order valence-corrected chi connectivity index (χ3v) is 4.59. The van der Waals surface area contributed by atoms with Gasteiger partial charge in [0.2, 0.25) is 0 Å². The predicted octanol–water partition coefficient (Wildman–Crippen LogP) is 2.81. The maximum atomic E-state index is 12.0. The molecule has 0 aliphatic rings. The molecule has 0 atom stereocenters. The molecule has 0 aliphatic carbocycles. The van der Waals surface area contributed by atoms with E-state index in [1.807, 2.05) is 0 Å². The number of carbonyl (C=O) groups excluding carboxylic acids is 1. The quantitative estimate of drug-likeness (QED) is 0.315. The summed E-state index contributed by atoms with van der Waals surface area (Å²) < 4.78 is 27.2. The third-order valence-electron chi connectivity index (χ3n) is 2.94. The molecule has 9 heteroatoms. The van der Waals surface area contributed by atoms with Crippen LogP contribution in [0.4, 0.5) is 0 Å². The molecule has 1 rings (SSSR count). The minimum Gasteiger partial charge on any atom is -0.504 e. The highest BCUT2D eigenvalue weighted by atomic mass is 31.2. The molecule has 0 bridgehead atoms. The van der Waals surface area contributed by atoms with Crippen LogP contribution in [0.5, 0.6) is 11.5 Å². The van der Waals surface area contributed by atoms with Gasteiger partial charge >= 0.3 is 7.82 Å². The fourth-order valence-corrected chi connectivity index (χ4v) is 3.05. The van der Waals surface area contributed by atoms with Crippen molar-refractivity contribution in [2.24, 2.45) is 0 Å². The number of aromatic hydroxyl groups is 2. The molecule has 1 aromatic rings. The summed E-state index contributed by atoms with van der Waals surface area (Å²) in [5.41, 5.74) is 0.00319. The van der Waals surface area contributed by atoms with Crippen LogP contribution in [0, 0.1) is 0 Å². The van der Waals surface area contributed by atoms with Crippen LogP contribution in [0.25, 0.3) is 0 Å². The van der Waals surface area contributed by atoms with Crippen molar-refractivity contribution in [3.8, 4) is 11.5 Å². The Bertz CT molecular complexity index is 569. The number of benzene rings is 1. The zero-order valence-corrected chi connectivity index (χ0v) is 14.8. The van der Waals surface area contributed by atoms with Crippen LogP contribution < -0.4 is 5.32 Å². The molecular formula is C15H24NO7P. The molecule has 1 aromatic carbocycles. The molecule has 1 amide bonds. The van der Waals surface area contributed by atoms with Crippen molar-refractivity contribution in [1.29, 1.82) is 0 Å². The normalized spacial score (nSPS) is 11.4. The molecule has 0 spiro atoms. The van der Waals surface area contributed by atoms with Crippen LogP contribution in [0.3, 0.4) is 0 Å². The van der Waals surface area contributed by atoms with Gasteiger partial charge in [-0.3, -0.25) is 18.4 Å². The van der Waals surface area contributed by atoms with E-state index < -0.39 is 19.5 Å². The lowest BCUT2D eigenvalue weighted by Crippen LogP contribution is -2.24. The van der Waals surface area contributed by atoms with Crippen LogP contribution in [-0.2, 0) is 18.1 Å². The molecule has 0 saturated carbocycles. The van der Waals surface area contributed by atoms with Gasteiger partial charge in [-0.05, 0) is 38.8 Å². The van der Waals surface area contributed by atoms with E-state index in [2.05, 4.69) is 5.32 Å². The Balaban J connectivity index is 2.30. The first kappa shape index (κ1) is 20.4. The van der Waals surface area contributed by atoms with Gasteiger partial charge < -0.3 is 15.5 Å². The molecule has 0 aliphatic heterocycles. The molecule has 136 valence electrons. The number of phosphoric acid groups is 1. The molecule has 24 heavy (non-hydrogen) atoms. The zero-order chi connectivity index (χ0) is 18.0. The number of rotatable bonds is 11. The SMILES string of the molecule is CCOP(=O)(OCC)OCCCCNC(=O)c1cccc(O)c1O. The molecule has 0 aromatic heterocycles. The fraction of sp³-hybridized carbons (Fsp3) is 0.533. The van der Waals surface area contributed by atoms with Gasteiger partial charge in [0.15, 0.2) is 11.5 Å². The second-order valence-corrected chi connectivity index (χ2v) is 6.42. The third kappa shape index (κ3) is 6.49. The Kier molecular flexibility index (Phi) is 8.78. The number of carbonyl (C=O) groups is 1. The van der Waals surface area contributed by atoms with E-state index in [1.165, 1.54) is 18.2 Å². The van der Waals surface area contributed by atoms with Crippen molar-refractivity contribution in [1.82, 2.24) is 5.32 Å². The average Bonchev–Trinajstić information content (AvgIpc) is 2.53. The summed E-state index contributed by atoms with van der Waals surface area (Å²) in [6, 6.07) is 4.17. The zero-order valence-electron chi connectivity index (χ0n) is 13.9. The molecule has 0 saturated heterocycles. The van der Waals surface area contributed by atoms with Crippen LogP contribution in [0.2, 0.25) is 0 Å². The molecule has 3 N–H and O–H groups in total. The Labute approximate surface area is 141 Å². The maximum Gasteiger partial charge on any atom is 0.474 e. The summed E-state index contributed by atoms with van der Waals surface area (Å²) in [6.07, 6.45) is 1.11. The Morgan fingerprint density at radius 3 is 2.42 bits per heavy atom. The van der Waals surface area contributed by atoms with E-state index in [0.29, 0.717) is 19.4 Å². The summed E-state index contributed by atoms with van der Waals surface area (Å²) in [5.74, 6) is -1.29. The van der Waals surface area contributed by atoms with Crippen LogP contribution in [-0.4, -0.2) is 42.5 Å². The van der Waals surface area contributed by atoms with E-state index in [1.54, 1.807) is 13.8 Å². The lowest BCUT2D eigenvalue weighted by Gasteiger charge is -2.16. The maximum absolute atomic E-state index is 12.0. The topological polar surface area (TPSA) is 114 Å². The van der Waals surface area contributed by atoms with Crippen molar-refractivity contribution in [3.63, 3.8) is 0 Å². The molecule has 0 radical (unpaired) electrons. The number of nitrogens with one attached hydrogen (secondary N) is 1. The standard InChI is InChI=1S/C15H24NO7P/c1-3-21-24(20,22-4-2)23-11-6-5-10-16-15(19)12-8-7-9-13(17)14(12)18/h7-9,17-18H,3-6,10-11H2,1-2H3,(H,16,19). The number of hydrogen-bond acceptors (Lipinski definition) is 7. The molecule has 0 unspecified atom stereocenters. The van der Waals surface area contributed by atoms with Gasteiger partial charge in [0, 0.05) is 6.54 Å². The number of amides is 1. The molecule has 8 nitrogen and oxygen atoms in total. The highest BCUT2D eigenvalue weighted by Gasteiger charge is 2.24. The lowest BCUT2D eigenvalue weighted by atomic mass is 10.1. The number of phenols is 2. The minimum absolute atomic E-state index is 0.00319. The van der Waals surface area contributed by atoms with E-state index in [-0.39, 0.29) is 31.1 Å². The first-order chi connectivity index (χ1) is 11.4. The second-order valence-electron chi connectivity index (χ2n) is 4.75. The van der Waals surface area contributed by atoms with Gasteiger partial charge in [0.05, 0.1) is 25.4 Å². The fourth-order valence-electron chi connectivity index (χ4n) is 1.84. The summed E-state index contributed by atoms with van der Waals surface area (Å²) in [5, 5.41) is 21.6. The van der Waals surface area contributed by atoms with Gasteiger partial charge in [-0.25, -0.2) is 4.57 Å². The smallest absolute Gasteiger partial charge is 0.474 e. The number of phenolic OH excluding ortho intramolecular Hbond substituents is 2. The second kappa shape index (κ2) is 10.3. The number of unbranched alkanes of at least 4 members (excludes halogenated alkanes) is 1. The minimum atomic E-state index is -3.50. The van der Waals surface area contributed by atoms with E-state index in [0.717, 1.165) is 0 Å². The average molecular weight is 361 g/mol. The van der Waals surface area contributed by atoms with Crippen LogP contribution >= 0.6 is 7.82 Å². The van der Waals surface area contributed by atoms with Crippen molar-refractivity contribution in [2.75, 3.05) is 26.4 Å². The van der Waals surface area contributed by atoms with Gasteiger partial charge in [0.25, 0.3) is 5.91 Å². The summed E-state index contributed by atoms with van der Waals surface area (Å²) in [6.45, 7) is 4.35. The number of hydrogen-bond donors (Lipinski definition) is 3. The van der Waals surface area contributed by atoms with Crippen molar-refractivity contribution < 1.29 is 33.1 Å². The molecular weight excluding hydrogens is 337 g/mol. The van der Waals surface area contributed by atoms with Gasteiger partial charge in [-0.15, -0.1) is 0 Å². The van der Waals surface area contributed by atoms with Gasteiger partial charge in [0.1, 0.15) is 0 Å². The highest BCUT2D eigenvalue weighted by Crippen LogP contribution is 2.49. The molecule has 0 heterocycles. The van der Waals surface area contributed by atoms with Crippen LogP contribution in [0.15, 0.2) is 18.2 Å². The van der Waals surface area contributed by atoms with E-state index in [9.17, 15) is 19.6 Å². The summed E-state index contributed by atoms with van der Waals surface area (Å²) >= 11 is 0. The van der Waals surface area contributed by atoms with E-state index in [4.69, 9.17) is 13.6 Å².